The minimum atomic E-state index is -3.94. The summed E-state index contributed by atoms with van der Waals surface area (Å²) in [6.07, 6.45) is 1.46. The van der Waals surface area contributed by atoms with Gasteiger partial charge in [-0.1, -0.05) is 41.9 Å². The Labute approximate surface area is 187 Å². The number of likely N-dealkylation sites (N-methyl/N-ethyl adjacent to an activating group) is 1. The van der Waals surface area contributed by atoms with Crippen molar-refractivity contribution in [2.45, 2.75) is 17.5 Å². The summed E-state index contributed by atoms with van der Waals surface area (Å²) in [5.41, 5.74) is 1.27. The number of carbonyl (C=O) groups is 1. The number of rotatable bonds is 9. The molecule has 0 saturated heterocycles. The third-order valence-electron chi connectivity index (χ3n) is 4.76. The summed E-state index contributed by atoms with van der Waals surface area (Å²) in [6.45, 7) is 0.334. The van der Waals surface area contributed by atoms with E-state index in [0.717, 1.165) is 5.56 Å². The van der Waals surface area contributed by atoms with Crippen molar-refractivity contribution in [3.8, 4) is 0 Å². The van der Waals surface area contributed by atoms with Gasteiger partial charge in [0.05, 0.1) is 23.9 Å². The third kappa shape index (κ3) is 5.95. The number of hydrogen-bond acceptors (Lipinski definition) is 5. The molecule has 2 N–H and O–H groups in total. The number of carbonyl (C=O) groups excluding carboxylic acids is 1. The maximum absolute atomic E-state index is 12.7. The summed E-state index contributed by atoms with van der Waals surface area (Å²) in [6, 6.07) is 17.3. The summed E-state index contributed by atoms with van der Waals surface area (Å²) in [5.74, 6) is 0.0752. The molecule has 0 saturated carbocycles. The fraction of sp³-hybridized carbons (Fsp3) is 0.227. The van der Waals surface area contributed by atoms with Crippen molar-refractivity contribution in [2.75, 3.05) is 20.6 Å². The van der Waals surface area contributed by atoms with Crippen molar-refractivity contribution < 1.29 is 17.6 Å². The predicted octanol–water partition coefficient (Wildman–Crippen LogP) is 3.44. The number of nitrogens with zero attached hydrogens (tertiary/aromatic N) is 1. The van der Waals surface area contributed by atoms with Gasteiger partial charge in [-0.3, -0.25) is 4.79 Å². The van der Waals surface area contributed by atoms with Crippen LogP contribution in [-0.2, 0) is 16.6 Å². The molecule has 1 atom stereocenters. The molecule has 1 heterocycles. The second kappa shape index (κ2) is 10.1. The lowest BCUT2D eigenvalue weighted by atomic mass is 10.1. The van der Waals surface area contributed by atoms with Gasteiger partial charge in [0.15, 0.2) is 0 Å². The van der Waals surface area contributed by atoms with Crippen LogP contribution in [0.3, 0.4) is 0 Å². The number of sulfonamides is 1. The van der Waals surface area contributed by atoms with Crippen LogP contribution < -0.4 is 10.0 Å². The Morgan fingerprint density at radius 2 is 1.84 bits per heavy atom. The molecule has 1 amide bonds. The monoisotopic (exact) mass is 461 g/mol. The van der Waals surface area contributed by atoms with E-state index in [2.05, 4.69) is 10.0 Å². The second-order valence-electron chi connectivity index (χ2n) is 7.15. The standard InChI is InChI=1S/C22H24ClN3O4S/c1-26(2)20(16-7-4-3-5-8-16)15-24-22(27)17-10-11-19(23)21(13-17)31(28,29)25-14-18-9-6-12-30-18/h3-13,20,25H,14-15H2,1-2H3,(H,24,27). The molecule has 7 nitrogen and oxygen atoms in total. The SMILES string of the molecule is CN(C)C(CNC(=O)c1ccc(Cl)c(S(=O)(=O)NCc2ccco2)c1)c1ccccc1. The molecule has 3 aromatic rings. The van der Waals surface area contributed by atoms with Gasteiger partial charge in [0, 0.05) is 12.1 Å². The Morgan fingerprint density at radius 1 is 1.10 bits per heavy atom. The lowest BCUT2D eigenvalue weighted by Gasteiger charge is -2.25. The van der Waals surface area contributed by atoms with E-state index in [1.54, 1.807) is 12.1 Å². The number of benzene rings is 2. The number of furan rings is 1. The van der Waals surface area contributed by atoms with E-state index >= 15 is 0 Å². The molecule has 9 heteroatoms. The van der Waals surface area contributed by atoms with E-state index in [1.807, 2.05) is 49.3 Å². The van der Waals surface area contributed by atoms with Gasteiger partial charge in [-0.05, 0) is 50.0 Å². The normalized spacial score (nSPS) is 12.6. The van der Waals surface area contributed by atoms with Crippen LogP contribution in [0.1, 0.15) is 27.7 Å². The van der Waals surface area contributed by atoms with E-state index in [0.29, 0.717) is 12.3 Å². The van der Waals surface area contributed by atoms with E-state index in [1.165, 1.54) is 24.5 Å². The zero-order chi connectivity index (χ0) is 22.4. The summed E-state index contributed by atoms with van der Waals surface area (Å²) >= 11 is 6.11. The van der Waals surface area contributed by atoms with Crippen molar-refractivity contribution in [3.63, 3.8) is 0 Å². The van der Waals surface area contributed by atoms with E-state index in [-0.39, 0.29) is 34.0 Å². The first-order chi connectivity index (χ1) is 14.8. The molecule has 0 spiro atoms. The van der Waals surface area contributed by atoms with E-state index in [4.69, 9.17) is 16.0 Å². The number of amides is 1. The predicted molar refractivity (Wildman–Crippen MR) is 119 cm³/mol. The first kappa shape index (κ1) is 23.0. The summed E-state index contributed by atoms with van der Waals surface area (Å²) in [7, 11) is -0.0769. The highest BCUT2D eigenvalue weighted by atomic mass is 35.5. The average Bonchev–Trinajstić information content (AvgIpc) is 3.27. The first-order valence-corrected chi connectivity index (χ1v) is 11.4. The Balaban J connectivity index is 1.73. The van der Waals surface area contributed by atoms with Crippen molar-refractivity contribution in [1.82, 2.24) is 14.9 Å². The van der Waals surface area contributed by atoms with Crippen LogP contribution in [0.2, 0.25) is 5.02 Å². The molecule has 0 bridgehead atoms. The Morgan fingerprint density at radius 3 is 2.48 bits per heavy atom. The molecular formula is C22H24ClN3O4S. The van der Waals surface area contributed by atoms with Crippen molar-refractivity contribution in [1.29, 1.82) is 0 Å². The number of nitrogens with one attached hydrogen (secondary N) is 2. The molecule has 2 aromatic carbocycles. The van der Waals surface area contributed by atoms with Crippen LogP contribution in [0.15, 0.2) is 76.2 Å². The van der Waals surface area contributed by atoms with E-state index in [9.17, 15) is 13.2 Å². The minimum Gasteiger partial charge on any atom is -0.468 e. The zero-order valence-electron chi connectivity index (χ0n) is 17.2. The maximum atomic E-state index is 12.7. The van der Waals surface area contributed by atoms with Crippen LogP contribution in [0.25, 0.3) is 0 Å². The average molecular weight is 462 g/mol. The highest BCUT2D eigenvalue weighted by molar-refractivity contribution is 7.89. The number of halogens is 1. The molecule has 1 unspecified atom stereocenters. The van der Waals surface area contributed by atoms with Gasteiger partial charge in [0.2, 0.25) is 10.0 Å². The fourth-order valence-corrected chi connectivity index (χ4v) is 4.59. The molecule has 0 aliphatic carbocycles. The smallest absolute Gasteiger partial charge is 0.251 e. The van der Waals surface area contributed by atoms with Crippen LogP contribution in [0, 0.1) is 0 Å². The summed E-state index contributed by atoms with van der Waals surface area (Å²) in [5, 5.41) is 2.90. The Hall–Kier alpha value is -2.65. The van der Waals surface area contributed by atoms with Crippen molar-refractivity contribution in [3.05, 3.63) is 88.8 Å². The van der Waals surface area contributed by atoms with Gasteiger partial charge in [0.25, 0.3) is 5.91 Å². The Bertz CT molecular complexity index is 1120. The van der Waals surface area contributed by atoms with Crippen molar-refractivity contribution in [2.24, 2.45) is 0 Å². The fourth-order valence-electron chi connectivity index (χ4n) is 3.07. The molecule has 0 radical (unpaired) electrons. The highest BCUT2D eigenvalue weighted by Gasteiger charge is 2.21. The van der Waals surface area contributed by atoms with Gasteiger partial charge in [-0.25, -0.2) is 13.1 Å². The van der Waals surface area contributed by atoms with Crippen LogP contribution in [0.4, 0.5) is 0 Å². The molecular weight excluding hydrogens is 438 g/mol. The second-order valence-corrected chi connectivity index (χ2v) is 9.29. The van der Waals surface area contributed by atoms with Gasteiger partial charge in [-0.2, -0.15) is 0 Å². The molecule has 1 aromatic heterocycles. The number of hydrogen-bond donors (Lipinski definition) is 2. The lowest BCUT2D eigenvalue weighted by Crippen LogP contribution is -2.34. The maximum Gasteiger partial charge on any atom is 0.251 e. The first-order valence-electron chi connectivity index (χ1n) is 9.59. The quantitative estimate of drug-likeness (QED) is 0.509. The molecule has 3 rings (SSSR count). The zero-order valence-corrected chi connectivity index (χ0v) is 18.8. The molecule has 0 aliphatic heterocycles. The molecule has 0 aliphatic rings. The van der Waals surface area contributed by atoms with Gasteiger partial charge in [-0.15, -0.1) is 0 Å². The lowest BCUT2D eigenvalue weighted by molar-refractivity contribution is 0.0941. The van der Waals surface area contributed by atoms with E-state index < -0.39 is 10.0 Å². The Kier molecular flexibility index (Phi) is 7.50. The van der Waals surface area contributed by atoms with Crippen LogP contribution in [0.5, 0.6) is 0 Å². The van der Waals surface area contributed by atoms with Gasteiger partial charge >= 0.3 is 0 Å². The van der Waals surface area contributed by atoms with Crippen LogP contribution >= 0.6 is 11.6 Å². The topological polar surface area (TPSA) is 91.7 Å². The van der Waals surface area contributed by atoms with Gasteiger partial charge in [0.1, 0.15) is 10.7 Å². The third-order valence-corrected chi connectivity index (χ3v) is 6.65. The van der Waals surface area contributed by atoms with Gasteiger partial charge < -0.3 is 14.6 Å². The summed E-state index contributed by atoms with van der Waals surface area (Å²) < 4.78 is 32.9. The largest absolute Gasteiger partial charge is 0.468 e. The van der Waals surface area contributed by atoms with Crippen LogP contribution in [-0.4, -0.2) is 39.9 Å². The molecule has 31 heavy (non-hydrogen) atoms. The van der Waals surface area contributed by atoms with Crippen molar-refractivity contribution >= 4 is 27.5 Å². The minimum absolute atomic E-state index is 0.0241. The molecule has 164 valence electrons. The highest BCUT2D eigenvalue weighted by Crippen LogP contribution is 2.23. The molecule has 0 fully saturated rings. The summed E-state index contributed by atoms with van der Waals surface area (Å²) in [4.78, 5) is 14.6.